The highest BCUT2D eigenvalue weighted by Gasteiger charge is 2.55. The molecule has 6 aromatic rings. The van der Waals surface area contributed by atoms with Gasteiger partial charge in [-0.3, -0.25) is 43.0 Å². The number of ether oxygens (including phenoxy) is 2. The van der Waals surface area contributed by atoms with Gasteiger partial charge in [-0.1, -0.05) is 54.7 Å². The van der Waals surface area contributed by atoms with Crippen molar-refractivity contribution in [2.75, 3.05) is 12.8 Å². The number of halogens is 2. The minimum atomic E-state index is -4.66. The van der Waals surface area contributed by atoms with Gasteiger partial charge in [0, 0.05) is 40.9 Å². The van der Waals surface area contributed by atoms with E-state index in [9.17, 15) is 20.2 Å². The van der Waals surface area contributed by atoms with Crippen molar-refractivity contribution >= 4 is 77.8 Å². The summed E-state index contributed by atoms with van der Waals surface area (Å²) < 4.78 is 98.7. The van der Waals surface area contributed by atoms with Crippen LogP contribution in [0.3, 0.4) is 0 Å². The first-order chi connectivity index (χ1) is 31.3. The predicted octanol–water partition coefficient (Wildman–Crippen LogP) is 8.39. The largest absolute Gasteiger partial charge is 0.390 e. The lowest BCUT2D eigenvalue weighted by Gasteiger charge is -2.30. The minimum absolute atomic E-state index is 0.158. The van der Waals surface area contributed by atoms with E-state index in [4.69, 9.17) is 23.0 Å². The lowest BCUT2D eigenvalue weighted by atomic mass is 10.1. The number of hydrogen-bond donors (Lipinski definition) is 0. The summed E-state index contributed by atoms with van der Waals surface area (Å²) in [6, 6.07) is 11.6. The van der Waals surface area contributed by atoms with Crippen LogP contribution in [0.1, 0.15) is 41.9 Å². The quantitative estimate of drug-likeness (QED) is 0.0671. The first-order valence-electron chi connectivity index (χ1n) is 19.9. The first-order valence-corrected chi connectivity index (χ1v) is 28.3. The lowest BCUT2D eigenvalue weighted by molar-refractivity contribution is -0.385. The topological polar surface area (TPSA) is 254 Å². The van der Waals surface area contributed by atoms with Gasteiger partial charge in [0.15, 0.2) is 36.1 Å². The van der Waals surface area contributed by atoms with Crippen molar-refractivity contribution in [3.05, 3.63) is 117 Å². The predicted molar refractivity (Wildman–Crippen MR) is 235 cm³/mol. The summed E-state index contributed by atoms with van der Waals surface area (Å²) in [7, 11) is -0.769. The number of fused-ring (bicyclic) bond motifs is 4. The molecule has 0 radical (unpaired) electrons. The van der Waals surface area contributed by atoms with Gasteiger partial charge in [0.1, 0.15) is 42.0 Å². The van der Waals surface area contributed by atoms with E-state index in [0.717, 1.165) is 11.4 Å². The Balaban J connectivity index is 1.10. The zero-order chi connectivity index (χ0) is 45.6. The lowest BCUT2D eigenvalue weighted by Crippen LogP contribution is -2.35. The van der Waals surface area contributed by atoms with Crippen molar-refractivity contribution in [1.82, 2.24) is 39.0 Å². The van der Waals surface area contributed by atoms with E-state index in [1.54, 1.807) is 19.1 Å². The summed E-state index contributed by atoms with van der Waals surface area (Å²) in [5.74, 6) is -0.494. The van der Waals surface area contributed by atoms with Gasteiger partial charge in [0.25, 0.3) is 17.6 Å². The van der Waals surface area contributed by atoms with Crippen LogP contribution in [-0.4, -0.2) is 98.4 Å². The van der Waals surface area contributed by atoms with Gasteiger partial charge < -0.3 is 14.0 Å². The van der Waals surface area contributed by atoms with E-state index >= 15 is 17.9 Å². The van der Waals surface area contributed by atoms with Crippen LogP contribution in [-0.2, 0) is 50.1 Å². The number of hydrogen-bond acceptors (Lipinski definition) is 19. The fraction of sp³-hybridized carbons (Fsp3) is 0.405. The molecular weight excluding hydrogens is 956 g/mol. The molecule has 0 saturated carbocycles. The summed E-state index contributed by atoms with van der Waals surface area (Å²) >= 11 is 1.29. The molecule has 7 heterocycles. The maximum absolute atomic E-state index is 17.2. The molecule has 3 aliphatic heterocycles. The van der Waals surface area contributed by atoms with Crippen molar-refractivity contribution < 1.29 is 50.8 Å². The van der Waals surface area contributed by atoms with Crippen molar-refractivity contribution in [3.8, 4) is 0 Å². The van der Waals surface area contributed by atoms with Crippen LogP contribution in [0.4, 0.5) is 20.2 Å². The molecule has 9 rings (SSSR count). The number of aromatic nitrogens is 8. The fourth-order valence-corrected chi connectivity index (χ4v) is 18.7. The summed E-state index contributed by atoms with van der Waals surface area (Å²) in [6.45, 7) is -1.83. The second-order valence-corrected chi connectivity index (χ2v) is 27.3. The number of benzene rings is 2. The van der Waals surface area contributed by atoms with E-state index in [2.05, 4.69) is 29.9 Å². The Morgan fingerprint density at radius 1 is 0.769 bits per heavy atom. The second kappa shape index (κ2) is 18.7. The first kappa shape index (κ1) is 45.7. The van der Waals surface area contributed by atoms with Crippen LogP contribution in [0.5, 0.6) is 0 Å². The molecule has 0 aliphatic carbocycles. The molecule has 4 aromatic heterocycles. The molecule has 3 fully saturated rings. The molecule has 28 heteroatoms. The number of nitro benzene ring substituents is 2. The van der Waals surface area contributed by atoms with Crippen molar-refractivity contribution in [2.24, 2.45) is 0 Å². The van der Waals surface area contributed by atoms with Crippen molar-refractivity contribution in [2.45, 2.75) is 81.0 Å². The number of rotatable bonds is 11. The monoisotopic (exact) mass is 992 g/mol. The molecule has 0 N–H and O–H groups in total. The number of nitrogens with zero attached hydrogens (tertiary/aromatic N) is 10. The number of imidazole rings is 2. The van der Waals surface area contributed by atoms with Gasteiger partial charge in [-0.05, 0) is 33.0 Å². The van der Waals surface area contributed by atoms with Crippen LogP contribution < -0.4 is 0 Å². The summed E-state index contributed by atoms with van der Waals surface area (Å²) in [4.78, 5) is 48.5. The van der Waals surface area contributed by atoms with Gasteiger partial charge in [-0.2, -0.15) is 0 Å². The Bertz CT molecular complexity index is 2890. The highest BCUT2D eigenvalue weighted by molar-refractivity contribution is 8.74. The highest BCUT2D eigenvalue weighted by Crippen LogP contribution is 2.77. The van der Waals surface area contributed by atoms with Gasteiger partial charge in [-0.15, -0.1) is 0 Å². The Morgan fingerprint density at radius 3 is 1.95 bits per heavy atom. The third-order valence-electron chi connectivity index (χ3n) is 10.9. The molecule has 0 spiro atoms. The van der Waals surface area contributed by atoms with Gasteiger partial charge in [0.2, 0.25) is 0 Å². The van der Waals surface area contributed by atoms with E-state index in [1.807, 2.05) is 6.92 Å². The van der Waals surface area contributed by atoms with E-state index in [-0.39, 0.29) is 51.5 Å². The Hall–Kier alpha value is -4.41. The average Bonchev–Trinajstić information content (AvgIpc) is 4.07. The number of para-hydroxylation sites is 2. The molecular formula is C37H37F2N10O11P3S2. The highest BCUT2D eigenvalue weighted by atomic mass is 32.9. The van der Waals surface area contributed by atoms with Crippen LogP contribution >= 0.6 is 44.1 Å². The number of aryl methyl sites for hydroxylation is 2. The Kier molecular flexibility index (Phi) is 13.2. The molecule has 342 valence electrons. The number of alkyl halides is 2. The van der Waals surface area contributed by atoms with Crippen molar-refractivity contribution in [1.29, 1.82) is 0 Å². The molecule has 65 heavy (non-hydrogen) atoms. The maximum atomic E-state index is 17.2. The van der Waals surface area contributed by atoms with Gasteiger partial charge >= 0.3 is 6.80 Å². The third-order valence-corrected chi connectivity index (χ3v) is 22.9. The van der Waals surface area contributed by atoms with Crippen molar-refractivity contribution in [3.63, 3.8) is 0 Å². The van der Waals surface area contributed by atoms with Gasteiger partial charge in [0.05, 0.1) is 46.6 Å². The summed E-state index contributed by atoms with van der Waals surface area (Å²) in [5.41, 5.74) is 2.17. The fourth-order valence-electron chi connectivity index (χ4n) is 7.70. The minimum Gasteiger partial charge on any atom is -0.348 e. The molecule has 3 aliphatic rings. The third kappa shape index (κ3) is 9.07. The zero-order valence-electron chi connectivity index (χ0n) is 34.0. The van der Waals surface area contributed by atoms with Crippen LogP contribution in [0, 0.1) is 27.2 Å². The molecule has 11 atom stereocenters. The molecule has 0 amide bonds. The SMILES string of the molecule is CCc1ncnc2c1ncn2[C@@H]1O[C@@H]2CPP(=O)(SCc3ccccc3[N+](=O)[O-])O[C@H]3[C@@H](F)[C@H](n4cnc5c(C)ncnc54)O[C@@H]3COP(=O)(SCc3ccccc3[N+](=O)[O-])O[C@H]2[C@H]1F. The van der Waals surface area contributed by atoms with Crippen LogP contribution in [0.2, 0.25) is 0 Å². The second-order valence-electron chi connectivity index (χ2n) is 14.9. The van der Waals surface area contributed by atoms with Crippen LogP contribution in [0.15, 0.2) is 73.8 Å². The van der Waals surface area contributed by atoms with Crippen LogP contribution in [0.25, 0.3) is 22.3 Å². The average molecular weight is 993 g/mol. The summed E-state index contributed by atoms with van der Waals surface area (Å²) in [6.07, 6.45) is -12.1. The summed E-state index contributed by atoms with van der Waals surface area (Å²) in [5, 5.41) is 23.9. The standard InChI is InChI=1S/C37H37F2N10O11P3S2/c1-3-23-31-35(43-17-41-23)47(19-45-31)37-29(39)33-27(58-37)13-61-63(55,65-15-22-9-5-7-11-25(22)49(52)53)60-32-26(57-36(28(32)38)46-18-44-30-20(2)40-16-42-34(30)46)12-56-62(54,59-33)64-14-21-8-4-6-10-24(21)48(50)51/h4-11,16-19,26-29,32-33,36-37,61H,3,12-15H2,1-2H3/t26-,27-,28-,29-,32-,33-,36-,37-,62?,63?/m1/s1. The molecule has 2 aromatic carbocycles. The molecule has 3 saturated heterocycles. The van der Waals surface area contributed by atoms with Gasteiger partial charge in [-0.25, -0.2) is 43.2 Å². The normalized spacial score (nSPS) is 29.9. The molecule has 21 nitrogen and oxygen atoms in total. The molecule has 0 bridgehead atoms. The van der Waals surface area contributed by atoms with E-state index in [0.29, 0.717) is 40.2 Å². The Morgan fingerprint density at radius 2 is 1.32 bits per heavy atom. The smallest absolute Gasteiger partial charge is 0.348 e. The zero-order valence-corrected chi connectivity index (χ0v) is 38.4. The Labute approximate surface area is 376 Å². The number of nitro groups is 2. The maximum Gasteiger partial charge on any atom is 0.390 e. The van der Waals surface area contributed by atoms with E-state index in [1.165, 1.54) is 70.8 Å². The molecule has 3 unspecified atom stereocenters. The van der Waals surface area contributed by atoms with E-state index < -0.39 is 87.0 Å².